The van der Waals surface area contributed by atoms with E-state index in [9.17, 15) is 9.59 Å². The van der Waals surface area contributed by atoms with E-state index in [4.69, 9.17) is 0 Å². The van der Waals surface area contributed by atoms with Crippen molar-refractivity contribution in [3.63, 3.8) is 0 Å². The van der Waals surface area contributed by atoms with Crippen molar-refractivity contribution >= 4 is 22.5 Å². The third-order valence-corrected chi connectivity index (χ3v) is 5.64. The Morgan fingerprint density at radius 1 is 0.879 bits per heavy atom. The molecule has 0 unspecified atom stereocenters. The zero-order valence-electron chi connectivity index (χ0n) is 18.9. The van der Waals surface area contributed by atoms with Crippen molar-refractivity contribution in [2.75, 3.05) is 11.4 Å². The summed E-state index contributed by atoms with van der Waals surface area (Å²) in [4.78, 5) is 37.3. The fraction of sp³-hybridized carbons (Fsp3) is 0.222. The fourth-order valence-corrected chi connectivity index (χ4v) is 3.78. The standard InChI is InChI=1S/C27H28N4O2/c1-20(2)30(18-25-28-24-16-10-9-15-23(24)27(33)29-25)19-26(32)31(22-13-7-4-8-14-22)17-21-11-5-3-6-12-21/h3-16,20H,17-19H2,1-2H3,(H,28,29,33). The van der Waals surface area contributed by atoms with Gasteiger partial charge in [-0.3, -0.25) is 14.5 Å². The molecule has 0 aliphatic heterocycles. The van der Waals surface area contributed by atoms with Crippen LogP contribution in [0.4, 0.5) is 5.69 Å². The van der Waals surface area contributed by atoms with Gasteiger partial charge in [-0.2, -0.15) is 0 Å². The third-order valence-electron chi connectivity index (χ3n) is 5.64. The second kappa shape index (κ2) is 10.2. The van der Waals surface area contributed by atoms with Crippen LogP contribution in [-0.4, -0.2) is 33.4 Å². The molecule has 6 heteroatoms. The number of aromatic amines is 1. The lowest BCUT2D eigenvalue weighted by molar-refractivity contribution is -0.120. The first-order valence-corrected chi connectivity index (χ1v) is 11.1. The second-order valence-corrected chi connectivity index (χ2v) is 8.33. The topological polar surface area (TPSA) is 69.3 Å². The van der Waals surface area contributed by atoms with Crippen LogP contribution >= 0.6 is 0 Å². The summed E-state index contributed by atoms with van der Waals surface area (Å²) < 4.78 is 0. The first-order chi connectivity index (χ1) is 16.0. The molecule has 1 aromatic heterocycles. The number of nitrogens with zero attached hydrogens (tertiary/aromatic N) is 3. The minimum atomic E-state index is -0.166. The number of hydrogen-bond donors (Lipinski definition) is 1. The van der Waals surface area contributed by atoms with E-state index < -0.39 is 0 Å². The van der Waals surface area contributed by atoms with Gasteiger partial charge in [0.25, 0.3) is 5.56 Å². The van der Waals surface area contributed by atoms with Crippen molar-refractivity contribution in [1.82, 2.24) is 14.9 Å². The first kappa shape index (κ1) is 22.4. The van der Waals surface area contributed by atoms with E-state index in [1.54, 1.807) is 11.0 Å². The van der Waals surface area contributed by atoms with Gasteiger partial charge in [-0.05, 0) is 43.7 Å². The summed E-state index contributed by atoms with van der Waals surface area (Å²) in [6.07, 6.45) is 0. The summed E-state index contributed by atoms with van der Waals surface area (Å²) in [6.45, 7) is 5.14. The number of benzene rings is 3. The number of rotatable bonds is 8. The van der Waals surface area contributed by atoms with E-state index in [0.29, 0.717) is 29.8 Å². The SMILES string of the molecule is CC(C)N(CC(=O)N(Cc1ccccc1)c1ccccc1)Cc1nc2ccccc2c(=O)[nH]1. The van der Waals surface area contributed by atoms with Crippen LogP contribution in [-0.2, 0) is 17.9 Å². The summed E-state index contributed by atoms with van der Waals surface area (Å²) >= 11 is 0. The Bertz CT molecular complexity index is 1270. The lowest BCUT2D eigenvalue weighted by Crippen LogP contribution is -2.43. The molecule has 3 aromatic carbocycles. The average molecular weight is 441 g/mol. The molecule has 6 nitrogen and oxygen atoms in total. The molecule has 4 rings (SSSR count). The number of H-pyrrole nitrogens is 1. The maximum absolute atomic E-state index is 13.5. The van der Waals surface area contributed by atoms with E-state index in [0.717, 1.165) is 11.3 Å². The number of hydrogen-bond acceptors (Lipinski definition) is 4. The maximum Gasteiger partial charge on any atom is 0.258 e. The van der Waals surface area contributed by atoms with E-state index in [2.05, 4.69) is 9.97 Å². The molecule has 0 fully saturated rings. The summed E-state index contributed by atoms with van der Waals surface area (Å²) in [5.74, 6) is 0.538. The van der Waals surface area contributed by atoms with Crippen LogP contribution in [0.5, 0.6) is 0 Å². The molecule has 0 atom stereocenters. The maximum atomic E-state index is 13.5. The van der Waals surface area contributed by atoms with E-state index >= 15 is 0 Å². The molecule has 0 spiro atoms. The fourth-order valence-electron chi connectivity index (χ4n) is 3.78. The Morgan fingerprint density at radius 3 is 2.21 bits per heavy atom. The Hall–Kier alpha value is -3.77. The molecule has 0 saturated heterocycles. The number of fused-ring (bicyclic) bond motifs is 1. The van der Waals surface area contributed by atoms with Gasteiger partial charge in [0.2, 0.25) is 5.91 Å². The number of carbonyl (C=O) groups excluding carboxylic acids is 1. The van der Waals surface area contributed by atoms with Crippen LogP contribution in [0.1, 0.15) is 25.2 Å². The summed E-state index contributed by atoms with van der Waals surface area (Å²) in [7, 11) is 0. The van der Waals surface area contributed by atoms with Crippen molar-refractivity contribution in [3.05, 3.63) is 107 Å². The van der Waals surface area contributed by atoms with Crippen LogP contribution in [0.15, 0.2) is 89.7 Å². The molecule has 0 saturated carbocycles. The molecule has 1 N–H and O–H groups in total. The van der Waals surface area contributed by atoms with Crippen LogP contribution in [0, 0.1) is 0 Å². The summed E-state index contributed by atoms with van der Waals surface area (Å²) in [6, 6.07) is 27.0. The Labute approximate surface area is 193 Å². The van der Waals surface area contributed by atoms with E-state index in [1.807, 2.05) is 97.6 Å². The predicted molar refractivity (Wildman–Crippen MR) is 132 cm³/mol. The van der Waals surface area contributed by atoms with Crippen LogP contribution in [0.25, 0.3) is 10.9 Å². The largest absolute Gasteiger partial charge is 0.309 e. The van der Waals surface area contributed by atoms with Gasteiger partial charge >= 0.3 is 0 Å². The van der Waals surface area contributed by atoms with Crippen LogP contribution in [0.3, 0.4) is 0 Å². The quantitative estimate of drug-likeness (QED) is 0.442. The Balaban J connectivity index is 1.57. The highest BCUT2D eigenvalue weighted by molar-refractivity contribution is 5.94. The summed E-state index contributed by atoms with van der Waals surface area (Å²) in [5.41, 5.74) is 2.40. The minimum absolute atomic E-state index is 0.0121. The van der Waals surface area contributed by atoms with Gasteiger partial charge in [0.05, 0.1) is 30.5 Å². The number of anilines is 1. The second-order valence-electron chi connectivity index (χ2n) is 8.33. The van der Waals surface area contributed by atoms with Crippen LogP contribution in [0.2, 0.25) is 0 Å². The zero-order valence-corrected chi connectivity index (χ0v) is 18.9. The molecule has 0 aliphatic rings. The van der Waals surface area contributed by atoms with Crippen molar-refractivity contribution in [3.8, 4) is 0 Å². The van der Waals surface area contributed by atoms with E-state index in [-0.39, 0.29) is 24.1 Å². The van der Waals surface area contributed by atoms with Crippen molar-refractivity contribution < 1.29 is 4.79 Å². The van der Waals surface area contributed by atoms with Gasteiger partial charge in [-0.15, -0.1) is 0 Å². The third kappa shape index (κ3) is 5.54. The molecule has 1 heterocycles. The smallest absolute Gasteiger partial charge is 0.258 e. The zero-order chi connectivity index (χ0) is 23.2. The van der Waals surface area contributed by atoms with Crippen molar-refractivity contribution in [1.29, 1.82) is 0 Å². The molecule has 0 radical (unpaired) electrons. The Kier molecular flexibility index (Phi) is 6.95. The van der Waals surface area contributed by atoms with Gasteiger partial charge in [0.15, 0.2) is 0 Å². The number of nitrogens with one attached hydrogen (secondary N) is 1. The molecular weight excluding hydrogens is 412 g/mol. The van der Waals surface area contributed by atoms with Crippen LogP contribution < -0.4 is 10.5 Å². The highest BCUT2D eigenvalue weighted by atomic mass is 16.2. The van der Waals surface area contributed by atoms with Gasteiger partial charge in [-0.25, -0.2) is 4.98 Å². The average Bonchev–Trinajstić information content (AvgIpc) is 2.83. The highest BCUT2D eigenvalue weighted by Gasteiger charge is 2.22. The van der Waals surface area contributed by atoms with Gasteiger partial charge in [0.1, 0.15) is 5.82 Å². The first-order valence-electron chi connectivity index (χ1n) is 11.1. The van der Waals surface area contributed by atoms with Crippen molar-refractivity contribution in [2.45, 2.75) is 33.0 Å². The van der Waals surface area contributed by atoms with Crippen molar-refractivity contribution in [2.24, 2.45) is 0 Å². The van der Waals surface area contributed by atoms with Gasteiger partial charge in [0, 0.05) is 11.7 Å². The summed E-state index contributed by atoms with van der Waals surface area (Å²) in [5, 5.41) is 0.562. The van der Waals surface area contributed by atoms with E-state index in [1.165, 1.54) is 0 Å². The molecule has 168 valence electrons. The van der Waals surface area contributed by atoms with Gasteiger partial charge < -0.3 is 9.88 Å². The number of carbonyl (C=O) groups is 1. The molecule has 4 aromatic rings. The number of amides is 1. The molecular formula is C27H28N4O2. The molecule has 33 heavy (non-hydrogen) atoms. The number of para-hydroxylation sites is 2. The molecule has 1 amide bonds. The number of aromatic nitrogens is 2. The predicted octanol–water partition coefficient (Wildman–Crippen LogP) is 4.37. The molecule has 0 aliphatic carbocycles. The lowest BCUT2D eigenvalue weighted by Gasteiger charge is -2.29. The Morgan fingerprint density at radius 2 is 1.52 bits per heavy atom. The molecule has 0 bridgehead atoms. The highest BCUT2D eigenvalue weighted by Crippen LogP contribution is 2.18. The van der Waals surface area contributed by atoms with Gasteiger partial charge in [-0.1, -0.05) is 60.7 Å². The normalized spacial score (nSPS) is 11.3. The minimum Gasteiger partial charge on any atom is -0.309 e. The lowest BCUT2D eigenvalue weighted by atomic mass is 10.2. The monoisotopic (exact) mass is 440 g/mol.